The van der Waals surface area contributed by atoms with Crippen molar-refractivity contribution in [1.82, 2.24) is 4.90 Å². The Hall–Kier alpha value is -0.120. The molecule has 0 aromatic carbocycles. The number of hydrogen-bond acceptors (Lipinski definition) is 3. The third kappa shape index (κ3) is 4.09. The predicted molar refractivity (Wildman–Crippen MR) is 63.9 cm³/mol. The first-order valence-corrected chi connectivity index (χ1v) is 6.00. The summed E-state index contributed by atoms with van der Waals surface area (Å²) in [6.45, 7) is 12.7. The van der Waals surface area contributed by atoms with Crippen LogP contribution < -0.4 is 5.73 Å². The van der Waals surface area contributed by atoms with Crippen LogP contribution in [0.1, 0.15) is 34.1 Å². The molecule has 0 aromatic rings. The highest BCUT2D eigenvalue weighted by atomic mass is 16.5. The first-order chi connectivity index (χ1) is 6.94. The van der Waals surface area contributed by atoms with Crippen LogP contribution in [0.25, 0.3) is 0 Å². The van der Waals surface area contributed by atoms with Crippen molar-refractivity contribution in [3.05, 3.63) is 0 Å². The number of morpholine rings is 1. The molecule has 0 radical (unpaired) electrons. The van der Waals surface area contributed by atoms with Crippen LogP contribution in [0.3, 0.4) is 0 Å². The lowest BCUT2D eigenvalue weighted by Gasteiger charge is -2.38. The average Bonchev–Trinajstić information content (AvgIpc) is 2.20. The molecular weight excluding hydrogens is 188 g/mol. The predicted octanol–water partition coefficient (Wildman–Crippen LogP) is 1.47. The van der Waals surface area contributed by atoms with E-state index in [9.17, 15) is 0 Å². The van der Waals surface area contributed by atoms with Gasteiger partial charge in [0.15, 0.2) is 0 Å². The van der Waals surface area contributed by atoms with Gasteiger partial charge in [-0.3, -0.25) is 4.90 Å². The standard InChI is InChI=1S/C12H26N2O/c1-10-8-15-11(2)7-14(10)6-5-12(3,4)9-13/h10-11H,5-9,13H2,1-4H3. The smallest absolute Gasteiger partial charge is 0.0674 e. The summed E-state index contributed by atoms with van der Waals surface area (Å²) in [4.78, 5) is 2.52. The Bertz CT molecular complexity index is 194. The number of hydrogen-bond donors (Lipinski definition) is 1. The molecule has 1 heterocycles. The van der Waals surface area contributed by atoms with Crippen molar-refractivity contribution >= 4 is 0 Å². The zero-order valence-corrected chi connectivity index (χ0v) is 10.6. The minimum absolute atomic E-state index is 0.265. The molecule has 1 aliphatic heterocycles. The van der Waals surface area contributed by atoms with Gasteiger partial charge in [-0.2, -0.15) is 0 Å². The van der Waals surface area contributed by atoms with Crippen LogP contribution >= 0.6 is 0 Å². The van der Waals surface area contributed by atoms with Gasteiger partial charge in [0.1, 0.15) is 0 Å². The van der Waals surface area contributed by atoms with Crippen molar-refractivity contribution in [1.29, 1.82) is 0 Å². The highest BCUT2D eigenvalue weighted by molar-refractivity contribution is 4.78. The van der Waals surface area contributed by atoms with Gasteiger partial charge in [-0.15, -0.1) is 0 Å². The lowest BCUT2D eigenvalue weighted by atomic mass is 9.89. The van der Waals surface area contributed by atoms with E-state index in [-0.39, 0.29) is 5.41 Å². The topological polar surface area (TPSA) is 38.5 Å². The van der Waals surface area contributed by atoms with E-state index in [4.69, 9.17) is 10.5 Å². The Morgan fingerprint density at radius 3 is 2.67 bits per heavy atom. The van der Waals surface area contributed by atoms with E-state index >= 15 is 0 Å². The molecule has 0 amide bonds. The fourth-order valence-electron chi connectivity index (χ4n) is 1.83. The molecule has 1 saturated heterocycles. The fourth-order valence-corrected chi connectivity index (χ4v) is 1.83. The largest absolute Gasteiger partial charge is 0.376 e. The monoisotopic (exact) mass is 214 g/mol. The molecule has 0 bridgehead atoms. The summed E-state index contributed by atoms with van der Waals surface area (Å²) < 4.78 is 5.61. The normalized spacial score (nSPS) is 29.4. The molecular formula is C12H26N2O. The Morgan fingerprint density at radius 1 is 1.40 bits per heavy atom. The summed E-state index contributed by atoms with van der Waals surface area (Å²) in [6.07, 6.45) is 1.54. The molecule has 3 nitrogen and oxygen atoms in total. The van der Waals surface area contributed by atoms with Crippen LogP contribution in [0.15, 0.2) is 0 Å². The molecule has 2 atom stereocenters. The summed E-state index contributed by atoms with van der Waals surface area (Å²) in [6, 6.07) is 0.551. The van der Waals surface area contributed by atoms with Crippen LogP contribution in [-0.4, -0.2) is 43.3 Å². The molecule has 0 aliphatic carbocycles. The van der Waals surface area contributed by atoms with E-state index in [1.165, 1.54) is 6.42 Å². The second kappa shape index (κ2) is 5.28. The van der Waals surface area contributed by atoms with Crippen molar-refractivity contribution < 1.29 is 4.74 Å². The van der Waals surface area contributed by atoms with Gasteiger partial charge < -0.3 is 10.5 Å². The molecule has 90 valence electrons. The Morgan fingerprint density at radius 2 is 2.07 bits per heavy atom. The molecule has 1 aliphatic rings. The molecule has 0 saturated carbocycles. The van der Waals surface area contributed by atoms with Gasteiger partial charge in [0.05, 0.1) is 12.7 Å². The minimum atomic E-state index is 0.265. The lowest BCUT2D eigenvalue weighted by molar-refractivity contribution is -0.0520. The Labute approximate surface area is 94.0 Å². The van der Waals surface area contributed by atoms with Gasteiger partial charge in [-0.1, -0.05) is 13.8 Å². The fraction of sp³-hybridized carbons (Fsp3) is 1.00. The van der Waals surface area contributed by atoms with Gasteiger partial charge in [0.2, 0.25) is 0 Å². The van der Waals surface area contributed by atoms with Gasteiger partial charge in [-0.05, 0) is 38.8 Å². The quantitative estimate of drug-likeness (QED) is 0.770. The van der Waals surface area contributed by atoms with Crippen LogP contribution in [0, 0.1) is 5.41 Å². The first-order valence-electron chi connectivity index (χ1n) is 6.00. The summed E-state index contributed by atoms with van der Waals surface area (Å²) in [5, 5.41) is 0. The maximum absolute atomic E-state index is 5.74. The molecule has 0 spiro atoms. The van der Waals surface area contributed by atoms with E-state index in [2.05, 4.69) is 32.6 Å². The molecule has 2 N–H and O–H groups in total. The zero-order valence-electron chi connectivity index (χ0n) is 10.6. The van der Waals surface area contributed by atoms with E-state index < -0.39 is 0 Å². The second-order valence-electron chi connectivity index (χ2n) is 5.61. The minimum Gasteiger partial charge on any atom is -0.376 e. The molecule has 0 aromatic heterocycles. The summed E-state index contributed by atoms with van der Waals surface area (Å²) in [7, 11) is 0. The van der Waals surface area contributed by atoms with Crippen molar-refractivity contribution in [3.63, 3.8) is 0 Å². The number of nitrogens with zero attached hydrogens (tertiary/aromatic N) is 1. The van der Waals surface area contributed by atoms with Crippen LogP contribution in [0.4, 0.5) is 0 Å². The van der Waals surface area contributed by atoms with E-state index in [1.807, 2.05) is 0 Å². The summed E-state index contributed by atoms with van der Waals surface area (Å²) in [5.41, 5.74) is 6.01. The number of nitrogens with two attached hydrogens (primary N) is 1. The Balaban J connectivity index is 2.36. The van der Waals surface area contributed by atoms with Crippen molar-refractivity contribution in [2.45, 2.75) is 46.3 Å². The Kier molecular flexibility index (Phi) is 4.56. The molecule has 1 fully saturated rings. The van der Waals surface area contributed by atoms with Crippen molar-refractivity contribution in [3.8, 4) is 0 Å². The highest BCUT2D eigenvalue weighted by Crippen LogP contribution is 2.20. The summed E-state index contributed by atoms with van der Waals surface area (Å²) in [5.74, 6) is 0. The molecule has 1 rings (SSSR count). The van der Waals surface area contributed by atoms with Crippen LogP contribution in [-0.2, 0) is 4.74 Å². The number of ether oxygens (including phenoxy) is 1. The van der Waals surface area contributed by atoms with Crippen LogP contribution in [0.2, 0.25) is 0 Å². The maximum atomic E-state index is 5.74. The SMILES string of the molecule is CC1CN(CCC(C)(C)CN)C(C)CO1. The molecule has 3 heteroatoms. The summed E-state index contributed by atoms with van der Waals surface area (Å²) >= 11 is 0. The van der Waals surface area contributed by atoms with Crippen molar-refractivity contribution in [2.75, 3.05) is 26.2 Å². The van der Waals surface area contributed by atoms with Gasteiger partial charge in [-0.25, -0.2) is 0 Å². The average molecular weight is 214 g/mol. The first kappa shape index (κ1) is 12.9. The van der Waals surface area contributed by atoms with E-state index in [0.29, 0.717) is 12.1 Å². The number of rotatable bonds is 4. The van der Waals surface area contributed by atoms with Crippen LogP contribution in [0.5, 0.6) is 0 Å². The van der Waals surface area contributed by atoms with Gasteiger partial charge >= 0.3 is 0 Å². The van der Waals surface area contributed by atoms with Gasteiger partial charge in [0, 0.05) is 12.6 Å². The molecule has 15 heavy (non-hydrogen) atoms. The van der Waals surface area contributed by atoms with E-state index in [1.54, 1.807) is 0 Å². The maximum Gasteiger partial charge on any atom is 0.0674 e. The van der Waals surface area contributed by atoms with Gasteiger partial charge in [0.25, 0.3) is 0 Å². The zero-order chi connectivity index (χ0) is 11.5. The second-order valence-corrected chi connectivity index (χ2v) is 5.61. The molecule has 2 unspecified atom stereocenters. The van der Waals surface area contributed by atoms with E-state index in [0.717, 1.165) is 26.2 Å². The third-order valence-electron chi connectivity index (χ3n) is 3.37. The lowest BCUT2D eigenvalue weighted by Crippen LogP contribution is -2.48. The van der Waals surface area contributed by atoms with Crippen molar-refractivity contribution in [2.24, 2.45) is 11.1 Å². The third-order valence-corrected chi connectivity index (χ3v) is 3.37. The highest BCUT2D eigenvalue weighted by Gasteiger charge is 2.25.